The number of benzene rings is 1. The van der Waals surface area contributed by atoms with Gasteiger partial charge in [-0.15, -0.1) is 0 Å². The Morgan fingerprint density at radius 2 is 2.00 bits per heavy atom. The number of anilines is 2. The van der Waals surface area contributed by atoms with Crippen molar-refractivity contribution in [3.63, 3.8) is 0 Å². The van der Waals surface area contributed by atoms with E-state index in [1.165, 1.54) is 0 Å². The molecule has 10 heteroatoms. The molecule has 202 valence electrons. The van der Waals surface area contributed by atoms with E-state index in [9.17, 15) is 9.59 Å². The molecule has 3 amide bonds. The number of ether oxygens (including phenoxy) is 1. The molecule has 2 aromatic rings. The molecule has 2 N–H and O–H groups in total. The minimum Gasteiger partial charge on any atom is -0.377 e. The third-order valence-electron chi connectivity index (χ3n) is 6.91. The molecule has 0 aliphatic carbocycles. The number of urea groups is 1. The van der Waals surface area contributed by atoms with Crippen LogP contribution in [0.2, 0.25) is 0 Å². The van der Waals surface area contributed by atoms with Crippen molar-refractivity contribution >= 4 is 23.4 Å². The van der Waals surface area contributed by atoms with Gasteiger partial charge in [0.1, 0.15) is 12.2 Å². The van der Waals surface area contributed by atoms with Crippen LogP contribution in [-0.4, -0.2) is 65.7 Å². The molecule has 3 heterocycles. The highest BCUT2D eigenvalue weighted by Gasteiger charge is 2.30. The van der Waals surface area contributed by atoms with Crippen molar-refractivity contribution in [3.8, 4) is 17.5 Å². The van der Waals surface area contributed by atoms with Crippen molar-refractivity contribution < 1.29 is 14.3 Å². The van der Waals surface area contributed by atoms with Gasteiger partial charge in [-0.05, 0) is 49.9 Å². The number of amides is 3. The molecule has 0 spiro atoms. The van der Waals surface area contributed by atoms with Crippen LogP contribution in [0, 0.1) is 17.2 Å². The van der Waals surface area contributed by atoms with E-state index < -0.39 is 0 Å². The Labute approximate surface area is 224 Å². The molecule has 0 radical (unpaired) electrons. The first-order chi connectivity index (χ1) is 18.4. The minimum absolute atomic E-state index is 0.131. The Morgan fingerprint density at radius 3 is 2.71 bits per heavy atom. The van der Waals surface area contributed by atoms with Crippen LogP contribution in [0.1, 0.15) is 51.3 Å². The molecular weight excluding hydrogens is 482 g/mol. The largest absolute Gasteiger partial charge is 0.377 e. The fourth-order valence-corrected chi connectivity index (χ4v) is 4.79. The monoisotopic (exact) mass is 519 g/mol. The molecule has 38 heavy (non-hydrogen) atoms. The molecule has 1 aromatic carbocycles. The molecule has 1 atom stereocenters. The van der Waals surface area contributed by atoms with Crippen molar-refractivity contribution in [2.75, 3.05) is 43.1 Å². The Kier molecular flexibility index (Phi) is 9.13. The first kappa shape index (κ1) is 27.3. The maximum atomic E-state index is 12.5. The number of nitrogens with zero attached hydrogens (tertiary/aromatic N) is 5. The topological polar surface area (TPSA) is 123 Å². The lowest BCUT2D eigenvalue weighted by Gasteiger charge is -2.38. The van der Waals surface area contributed by atoms with E-state index in [-0.39, 0.29) is 24.4 Å². The highest BCUT2D eigenvalue weighted by atomic mass is 16.5. The molecular formula is C28H37N7O3. The first-order valence-corrected chi connectivity index (χ1v) is 13.4. The van der Waals surface area contributed by atoms with Crippen molar-refractivity contribution in [1.29, 1.82) is 5.26 Å². The third-order valence-corrected chi connectivity index (χ3v) is 6.91. The normalized spacial score (nSPS) is 17.1. The lowest BCUT2D eigenvalue weighted by Crippen LogP contribution is -2.46. The zero-order valence-electron chi connectivity index (χ0n) is 22.5. The fourth-order valence-electron chi connectivity index (χ4n) is 4.79. The summed E-state index contributed by atoms with van der Waals surface area (Å²) in [6, 6.07) is 9.40. The van der Waals surface area contributed by atoms with E-state index in [4.69, 9.17) is 20.0 Å². The Morgan fingerprint density at radius 1 is 1.21 bits per heavy atom. The maximum Gasteiger partial charge on any atom is 0.319 e. The van der Waals surface area contributed by atoms with Gasteiger partial charge >= 0.3 is 6.03 Å². The van der Waals surface area contributed by atoms with Crippen molar-refractivity contribution in [3.05, 3.63) is 35.5 Å². The van der Waals surface area contributed by atoms with Gasteiger partial charge < -0.3 is 25.2 Å². The van der Waals surface area contributed by atoms with Gasteiger partial charge in [-0.3, -0.25) is 4.79 Å². The molecule has 10 nitrogen and oxygen atoms in total. The van der Waals surface area contributed by atoms with Gasteiger partial charge in [0.25, 0.3) is 0 Å². The Bertz CT molecular complexity index is 1180. The van der Waals surface area contributed by atoms with E-state index in [1.807, 2.05) is 30.3 Å². The zero-order valence-corrected chi connectivity index (χ0v) is 22.5. The number of carbonyl (C=O) groups excluding carboxylic acids is 2. The summed E-state index contributed by atoms with van der Waals surface area (Å²) in [6.07, 6.45) is 2.50. The predicted octanol–water partition coefficient (Wildman–Crippen LogP) is 3.72. The number of aromatic nitrogens is 2. The van der Waals surface area contributed by atoms with Gasteiger partial charge in [0, 0.05) is 42.9 Å². The first-order valence-electron chi connectivity index (χ1n) is 13.4. The van der Waals surface area contributed by atoms with Crippen LogP contribution in [0.25, 0.3) is 11.4 Å². The Balaban J connectivity index is 1.54. The summed E-state index contributed by atoms with van der Waals surface area (Å²) in [7, 11) is 0. The second kappa shape index (κ2) is 12.7. The standard InChI is InChI=1S/C28H37N7O3/c1-19(2)5-4-13-30-28(37)31-22-8-6-21(7-9-22)26-32-24-11-14-34(25(36)10-12-29)17-23(24)27(33-26)35-15-16-38-18-20(35)3/h6-9,19-20H,4-5,10-11,13-18H2,1-3H3,(H2,30,31,37). The number of nitriles is 1. The molecule has 4 rings (SSSR count). The van der Waals surface area contributed by atoms with Gasteiger partial charge in [0.05, 0.1) is 37.6 Å². The number of morpholine rings is 1. The number of nitrogens with one attached hydrogen (secondary N) is 2. The summed E-state index contributed by atoms with van der Waals surface area (Å²) in [6.45, 7) is 9.92. The molecule has 2 aliphatic rings. The lowest BCUT2D eigenvalue weighted by molar-refractivity contribution is -0.131. The summed E-state index contributed by atoms with van der Waals surface area (Å²) >= 11 is 0. The van der Waals surface area contributed by atoms with Crippen LogP contribution in [-0.2, 0) is 22.5 Å². The van der Waals surface area contributed by atoms with Crippen molar-refractivity contribution in [2.45, 2.75) is 59.0 Å². The number of carbonyl (C=O) groups is 2. The average Bonchev–Trinajstić information content (AvgIpc) is 2.91. The fraction of sp³-hybridized carbons (Fsp3) is 0.536. The van der Waals surface area contributed by atoms with Crippen LogP contribution in [0.15, 0.2) is 24.3 Å². The highest BCUT2D eigenvalue weighted by Crippen LogP contribution is 2.32. The molecule has 1 fully saturated rings. The zero-order chi connectivity index (χ0) is 27.1. The summed E-state index contributed by atoms with van der Waals surface area (Å²) in [4.78, 5) is 38.5. The SMILES string of the molecule is CC(C)CCCNC(=O)Nc1ccc(-c2nc3c(c(N4CCOCC4C)n2)CN(C(=O)CC#N)CC3)cc1. The van der Waals surface area contributed by atoms with Gasteiger partial charge in [0.15, 0.2) is 5.82 Å². The van der Waals surface area contributed by atoms with E-state index in [2.05, 4.69) is 36.3 Å². The minimum atomic E-state index is -0.217. The molecule has 0 saturated carbocycles. The van der Waals surface area contributed by atoms with Crippen LogP contribution < -0.4 is 15.5 Å². The van der Waals surface area contributed by atoms with Gasteiger partial charge in [-0.1, -0.05) is 13.8 Å². The van der Waals surface area contributed by atoms with Crippen LogP contribution in [0.5, 0.6) is 0 Å². The summed E-state index contributed by atoms with van der Waals surface area (Å²) in [5.74, 6) is 1.88. The van der Waals surface area contributed by atoms with Crippen LogP contribution in [0.3, 0.4) is 0 Å². The van der Waals surface area contributed by atoms with Crippen LogP contribution >= 0.6 is 0 Å². The second-order valence-corrected chi connectivity index (χ2v) is 10.3. The summed E-state index contributed by atoms with van der Waals surface area (Å²) < 4.78 is 5.64. The molecule has 2 aliphatic heterocycles. The molecule has 1 saturated heterocycles. The van der Waals surface area contributed by atoms with E-state index in [0.717, 1.165) is 35.5 Å². The highest BCUT2D eigenvalue weighted by molar-refractivity contribution is 5.89. The quantitative estimate of drug-likeness (QED) is 0.510. The second-order valence-electron chi connectivity index (χ2n) is 10.3. The maximum absolute atomic E-state index is 12.5. The Hall–Kier alpha value is -3.71. The number of hydrogen-bond donors (Lipinski definition) is 2. The van der Waals surface area contributed by atoms with Gasteiger partial charge in [-0.2, -0.15) is 5.26 Å². The molecule has 0 bridgehead atoms. The number of hydrogen-bond acceptors (Lipinski definition) is 7. The van der Waals surface area contributed by atoms with E-state index >= 15 is 0 Å². The predicted molar refractivity (Wildman–Crippen MR) is 146 cm³/mol. The van der Waals surface area contributed by atoms with Crippen molar-refractivity contribution in [1.82, 2.24) is 20.2 Å². The van der Waals surface area contributed by atoms with Crippen molar-refractivity contribution in [2.24, 2.45) is 5.92 Å². The molecule has 1 unspecified atom stereocenters. The van der Waals surface area contributed by atoms with E-state index in [0.29, 0.717) is 63.2 Å². The van der Waals surface area contributed by atoms with Gasteiger partial charge in [-0.25, -0.2) is 14.8 Å². The van der Waals surface area contributed by atoms with Gasteiger partial charge in [0.2, 0.25) is 5.91 Å². The van der Waals surface area contributed by atoms with Crippen LogP contribution in [0.4, 0.5) is 16.3 Å². The lowest BCUT2D eigenvalue weighted by atomic mass is 10.0. The molecule has 1 aromatic heterocycles. The third kappa shape index (κ3) is 6.78. The van der Waals surface area contributed by atoms with E-state index in [1.54, 1.807) is 4.90 Å². The average molecular weight is 520 g/mol. The summed E-state index contributed by atoms with van der Waals surface area (Å²) in [5, 5.41) is 14.8. The number of rotatable bonds is 8. The number of fused-ring (bicyclic) bond motifs is 1. The summed E-state index contributed by atoms with van der Waals surface area (Å²) in [5.41, 5.74) is 3.41. The smallest absolute Gasteiger partial charge is 0.319 e.